The molecule has 0 amide bonds. The van der Waals surface area contributed by atoms with Gasteiger partial charge in [-0.15, -0.1) is 0 Å². The Hall–Kier alpha value is -5.87. The van der Waals surface area contributed by atoms with Crippen LogP contribution in [0.3, 0.4) is 0 Å². The summed E-state index contributed by atoms with van der Waals surface area (Å²) in [5, 5.41) is 2.61. The zero-order valence-electron chi connectivity index (χ0n) is 30.2. The summed E-state index contributed by atoms with van der Waals surface area (Å²) in [5.74, 6) is 5.24. The normalized spacial score (nSPS) is 23.6. The highest BCUT2D eigenvalue weighted by atomic mass is 15.0. The fraction of sp³-hybridized carbons (Fsp3) is 0.220. The summed E-state index contributed by atoms with van der Waals surface area (Å²) in [6, 6.07) is 52.9. The lowest BCUT2D eigenvalue weighted by molar-refractivity contribution is 0.0618. The zero-order chi connectivity index (χ0) is 35.4. The maximum Gasteiger partial charge on any atom is 0.164 e. The van der Waals surface area contributed by atoms with Crippen LogP contribution in [0.1, 0.15) is 49.7 Å². The summed E-state index contributed by atoms with van der Waals surface area (Å²) >= 11 is 0. The Balaban J connectivity index is 1.08. The first kappa shape index (κ1) is 30.6. The Bertz CT molecular complexity index is 2700. The van der Waals surface area contributed by atoms with Crippen LogP contribution in [0.4, 0.5) is 0 Å². The predicted octanol–water partition coefficient (Wildman–Crippen LogP) is 12.1. The molecule has 2 heterocycles. The molecule has 4 fully saturated rings. The van der Waals surface area contributed by atoms with E-state index < -0.39 is 0 Å². The first-order chi connectivity index (χ1) is 26.7. The molecule has 13 rings (SSSR count). The Morgan fingerprint density at radius 3 is 1.89 bits per heavy atom. The Labute approximate surface area is 315 Å². The lowest BCUT2D eigenvalue weighted by atomic mass is 9.51. The van der Waals surface area contributed by atoms with E-state index in [-0.39, 0.29) is 5.41 Å². The SMILES string of the molecule is c1ccc(-c2nc(-c3ccccc3)nc(-c3cccc(-n4c5ccccc5c5cc6c(cc54)C4(c5ccccc5-6)C5CCC6CC(C5)CC4C6)c3)n2)cc1. The largest absolute Gasteiger partial charge is 0.309 e. The molecule has 8 aromatic rings. The first-order valence-corrected chi connectivity index (χ1v) is 19.9. The van der Waals surface area contributed by atoms with Gasteiger partial charge in [0.15, 0.2) is 17.5 Å². The van der Waals surface area contributed by atoms with E-state index in [2.05, 4.69) is 114 Å². The summed E-state index contributed by atoms with van der Waals surface area (Å²) in [7, 11) is 0. The molecule has 4 saturated carbocycles. The van der Waals surface area contributed by atoms with Crippen LogP contribution in [0.5, 0.6) is 0 Å². The molecule has 54 heavy (non-hydrogen) atoms. The lowest BCUT2D eigenvalue weighted by Crippen LogP contribution is -2.48. The summed E-state index contributed by atoms with van der Waals surface area (Å²) < 4.78 is 2.51. The van der Waals surface area contributed by atoms with Gasteiger partial charge in [0.2, 0.25) is 0 Å². The number of fused-ring (bicyclic) bond motifs is 7. The van der Waals surface area contributed by atoms with Crippen molar-refractivity contribution in [1.29, 1.82) is 0 Å². The van der Waals surface area contributed by atoms with E-state index >= 15 is 0 Å². The van der Waals surface area contributed by atoms with E-state index in [1.165, 1.54) is 71.5 Å². The molecule has 5 unspecified atom stereocenters. The third kappa shape index (κ3) is 4.34. The van der Waals surface area contributed by atoms with Crippen LogP contribution in [0.15, 0.2) is 146 Å². The quantitative estimate of drug-likeness (QED) is 0.184. The van der Waals surface area contributed by atoms with Crippen LogP contribution in [-0.4, -0.2) is 19.5 Å². The molecule has 0 N–H and O–H groups in total. The number of aromatic nitrogens is 4. The summed E-state index contributed by atoms with van der Waals surface area (Å²) in [6.45, 7) is 0. The van der Waals surface area contributed by atoms with Crippen molar-refractivity contribution in [2.24, 2.45) is 23.7 Å². The van der Waals surface area contributed by atoms with Gasteiger partial charge in [0.1, 0.15) is 0 Å². The molecule has 1 spiro atoms. The maximum atomic E-state index is 5.09. The van der Waals surface area contributed by atoms with Crippen LogP contribution < -0.4 is 0 Å². The van der Waals surface area contributed by atoms with Crippen LogP contribution in [0.2, 0.25) is 0 Å². The molecule has 6 aromatic carbocycles. The number of hydrogen-bond donors (Lipinski definition) is 0. The van der Waals surface area contributed by atoms with Crippen molar-refractivity contribution in [3.05, 3.63) is 157 Å². The molecular formula is C50H40N4. The van der Waals surface area contributed by atoms with Crippen molar-refractivity contribution in [3.63, 3.8) is 0 Å². The van der Waals surface area contributed by atoms with E-state index in [4.69, 9.17) is 15.0 Å². The average molecular weight is 697 g/mol. The van der Waals surface area contributed by atoms with Crippen LogP contribution in [0, 0.1) is 23.7 Å². The topological polar surface area (TPSA) is 43.6 Å². The first-order valence-electron chi connectivity index (χ1n) is 19.9. The fourth-order valence-corrected chi connectivity index (χ4v) is 11.8. The number of hydrogen-bond acceptors (Lipinski definition) is 3. The molecule has 5 aliphatic carbocycles. The van der Waals surface area contributed by atoms with Gasteiger partial charge in [-0.05, 0) is 108 Å². The van der Waals surface area contributed by atoms with Gasteiger partial charge in [-0.25, -0.2) is 15.0 Å². The van der Waals surface area contributed by atoms with Crippen molar-refractivity contribution >= 4 is 21.8 Å². The Morgan fingerprint density at radius 1 is 0.444 bits per heavy atom. The van der Waals surface area contributed by atoms with E-state index in [1.807, 2.05) is 36.4 Å². The highest BCUT2D eigenvalue weighted by molar-refractivity contribution is 6.11. The van der Waals surface area contributed by atoms with E-state index in [0.717, 1.165) is 34.2 Å². The van der Waals surface area contributed by atoms with Crippen molar-refractivity contribution < 1.29 is 0 Å². The smallest absolute Gasteiger partial charge is 0.164 e. The van der Waals surface area contributed by atoms with E-state index in [0.29, 0.717) is 29.3 Å². The van der Waals surface area contributed by atoms with Crippen molar-refractivity contribution in [2.45, 2.75) is 43.9 Å². The summed E-state index contributed by atoms with van der Waals surface area (Å²) in [4.78, 5) is 15.1. The second kappa shape index (κ2) is 11.6. The average Bonchev–Trinajstić information content (AvgIpc) is 3.61. The number of para-hydroxylation sites is 1. The monoisotopic (exact) mass is 696 g/mol. The minimum Gasteiger partial charge on any atom is -0.309 e. The summed E-state index contributed by atoms with van der Waals surface area (Å²) in [6.07, 6.45) is 8.36. The summed E-state index contributed by atoms with van der Waals surface area (Å²) in [5.41, 5.74) is 12.8. The van der Waals surface area contributed by atoms with Gasteiger partial charge in [0.25, 0.3) is 0 Å². The van der Waals surface area contributed by atoms with Crippen LogP contribution in [-0.2, 0) is 5.41 Å². The molecule has 5 atom stereocenters. The molecule has 0 radical (unpaired) electrons. The number of rotatable bonds is 4. The van der Waals surface area contributed by atoms with Crippen LogP contribution in [0.25, 0.3) is 72.8 Å². The molecule has 4 heteroatoms. The highest BCUT2D eigenvalue weighted by Crippen LogP contribution is 2.68. The highest BCUT2D eigenvalue weighted by Gasteiger charge is 2.59. The van der Waals surface area contributed by atoms with Gasteiger partial charge in [0.05, 0.1) is 11.0 Å². The van der Waals surface area contributed by atoms with Gasteiger partial charge >= 0.3 is 0 Å². The van der Waals surface area contributed by atoms with Crippen LogP contribution >= 0.6 is 0 Å². The van der Waals surface area contributed by atoms with Gasteiger partial charge in [-0.1, -0.05) is 122 Å². The molecule has 2 aromatic heterocycles. The molecule has 5 aliphatic rings. The van der Waals surface area contributed by atoms with E-state index in [9.17, 15) is 0 Å². The Kier molecular flexibility index (Phi) is 6.55. The Morgan fingerprint density at radius 2 is 1.09 bits per heavy atom. The number of benzene rings is 6. The second-order valence-corrected chi connectivity index (χ2v) is 16.4. The molecular weight excluding hydrogens is 657 g/mol. The lowest BCUT2D eigenvalue weighted by Gasteiger charge is -2.53. The molecule has 0 aliphatic heterocycles. The van der Waals surface area contributed by atoms with E-state index in [1.54, 1.807) is 11.1 Å². The standard InChI is InChI=1S/C50H40N4/c1-3-12-33(13-4-1)47-51-48(34-14-5-2-6-15-34)53-49(52-47)35-16-11-17-38(28-35)54-45-21-10-8-19-40(45)42-29-41-39-18-7-9-20-43(39)50(44(41)30-46(42)54)36-23-22-31-24-32(26-36)27-37(50)25-31/h1-21,28-32,36-37H,22-27H2. The van der Waals surface area contributed by atoms with Gasteiger partial charge in [-0.2, -0.15) is 0 Å². The number of nitrogens with zero attached hydrogens (tertiary/aromatic N) is 4. The van der Waals surface area contributed by atoms with Gasteiger partial charge in [0, 0.05) is 38.6 Å². The zero-order valence-corrected chi connectivity index (χ0v) is 30.2. The third-order valence-corrected chi connectivity index (χ3v) is 13.7. The van der Waals surface area contributed by atoms with Crippen molar-refractivity contribution in [1.82, 2.24) is 19.5 Å². The molecule has 4 nitrogen and oxygen atoms in total. The van der Waals surface area contributed by atoms with Gasteiger partial charge in [-0.3, -0.25) is 0 Å². The third-order valence-electron chi connectivity index (χ3n) is 13.7. The van der Waals surface area contributed by atoms with Gasteiger partial charge < -0.3 is 4.57 Å². The van der Waals surface area contributed by atoms with Crippen molar-refractivity contribution in [2.75, 3.05) is 0 Å². The minimum atomic E-state index is 0.0987. The van der Waals surface area contributed by atoms with Crippen molar-refractivity contribution in [3.8, 4) is 51.0 Å². The molecule has 0 saturated heterocycles. The fourth-order valence-electron chi connectivity index (χ4n) is 11.8. The molecule has 4 bridgehead atoms. The maximum absolute atomic E-state index is 5.09. The predicted molar refractivity (Wildman–Crippen MR) is 218 cm³/mol. The second-order valence-electron chi connectivity index (χ2n) is 16.4. The minimum absolute atomic E-state index is 0.0987. The molecule has 260 valence electrons.